The Kier molecular flexibility index (Phi) is 14.3. The quantitative estimate of drug-likeness (QED) is 0.0882. The number of carbonyl (C=O) groups is 6. The molecule has 0 bridgehead atoms. The summed E-state index contributed by atoms with van der Waals surface area (Å²) in [5.74, 6) is -18.7. The van der Waals surface area contributed by atoms with Crippen LogP contribution in [0.3, 0.4) is 0 Å². The summed E-state index contributed by atoms with van der Waals surface area (Å²) in [6, 6.07) is 0. The fraction of sp³-hybridized carbons (Fsp3) is 0.571. The third kappa shape index (κ3) is 7.03. The van der Waals surface area contributed by atoms with Crippen molar-refractivity contribution in [2.24, 2.45) is 11.8 Å². The van der Waals surface area contributed by atoms with Crippen LogP contribution in [0.25, 0.3) is 0 Å². The predicted molar refractivity (Wildman–Crippen MR) is 94.1 cm³/mol. The van der Waals surface area contributed by atoms with E-state index in [4.69, 9.17) is 30.6 Å². The summed E-state index contributed by atoms with van der Waals surface area (Å²) >= 11 is 0. The molecule has 21 heteroatoms. The average molecular weight is 627 g/mol. The zero-order valence-corrected chi connectivity index (χ0v) is 21.8. The molecule has 0 aromatic carbocycles. The van der Waals surface area contributed by atoms with Crippen LogP contribution in [-0.4, -0.2) is 76.8 Å². The molecule has 0 aliphatic heterocycles. The monoisotopic (exact) mass is 626 g/mol. The molecule has 0 amide bonds. The standard InChI is InChI=1S/2C7H11O9P.Zr/c2*1-2-3(4(8)9)7(5(10)11,6(12)13)17(14,15)16;/h2*3H,2H2,1H3,(H,8,9)(H,10,11)(H,12,13)(H2,14,15,16);/q;;+4/p-4. The van der Waals surface area contributed by atoms with Crippen LogP contribution >= 0.6 is 15.2 Å². The normalized spacial score (nSPS) is 13.7. The van der Waals surface area contributed by atoms with Crippen LogP contribution in [0.15, 0.2) is 0 Å². The van der Waals surface area contributed by atoms with Gasteiger partial charge in [-0.1, -0.05) is 13.8 Å². The second-order valence-corrected chi connectivity index (χ2v) is 9.75. The van der Waals surface area contributed by atoms with Crippen LogP contribution < -0.4 is 19.6 Å². The number of hydrogen-bond acceptors (Lipinski definition) is 12. The van der Waals surface area contributed by atoms with Crippen LogP contribution in [0.1, 0.15) is 26.7 Å². The Morgan fingerprint density at radius 1 is 0.600 bits per heavy atom. The minimum atomic E-state index is -6.23. The third-order valence-electron chi connectivity index (χ3n) is 4.59. The molecule has 18 nitrogen and oxygen atoms in total. The van der Waals surface area contributed by atoms with Gasteiger partial charge < -0.3 is 59.3 Å². The molecule has 2 unspecified atom stereocenters. The smallest absolute Gasteiger partial charge is 0.810 e. The molecule has 0 radical (unpaired) electrons. The Morgan fingerprint density at radius 2 is 0.771 bits per heavy atom. The molecule has 0 saturated heterocycles. The summed E-state index contributed by atoms with van der Waals surface area (Å²) in [6.45, 7) is 2.13. The maximum absolute atomic E-state index is 10.9. The molecule has 0 aliphatic carbocycles. The average Bonchev–Trinajstić information content (AvgIpc) is 2.59. The number of hydrogen-bond donors (Lipinski definition) is 6. The Bertz CT molecular complexity index is 843. The van der Waals surface area contributed by atoms with E-state index >= 15 is 0 Å². The van der Waals surface area contributed by atoms with Gasteiger partial charge in [-0.3, -0.25) is 28.8 Å². The molecule has 2 atom stereocenters. The van der Waals surface area contributed by atoms with Gasteiger partial charge in [0, 0.05) is 0 Å². The van der Waals surface area contributed by atoms with E-state index in [0.29, 0.717) is 0 Å². The fourth-order valence-corrected chi connectivity index (χ4v) is 5.21. The molecule has 0 rings (SSSR count). The van der Waals surface area contributed by atoms with Crippen molar-refractivity contribution in [3.05, 3.63) is 0 Å². The molecule has 6 N–H and O–H groups in total. The first-order valence-corrected chi connectivity index (χ1v) is 11.6. The minimum Gasteiger partial charge on any atom is -0.810 e. The molecule has 0 heterocycles. The summed E-state index contributed by atoms with van der Waals surface area (Å²) in [6.07, 6.45) is -1.27. The van der Waals surface area contributed by atoms with E-state index in [1.807, 2.05) is 0 Å². The second kappa shape index (κ2) is 13.3. The molecule has 0 spiro atoms. The van der Waals surface area contributed by atoms with Crippen molar-refractivity contribution >= 4 is 51.0 Å². The van der Waals surface area contributed by atoms with E-state index in [0.717, 1.165) is 13.8 Å². The van der Waals surface area contributed by atoms with Crippen molar-refractivity contribution in [3.8, 4) is 0 Å². The zero-order chi connectivity index (χ0) is 28.0. The number of carboxylic acid groups (broad SMARTS) is 6. The van der Waals surface area contributed by atoms with Gasteiger partial charge in [-0.15, -0.1) is 0 Å². The Morgan fingerprint density at radius 3 is 0.800 bits per heavy atom. The van der Waals surface area contributed by atoms with Crippen molar-refractivity contribution in [2.45, 2.75) is 37.0 Å². The van der Waals surface area contributed by atoms with Gasteiger partial charge in [0.25, 0.3) is 0 Å². The molecule has 35 heavy (non-hydrogen) atoms. The van der Waals surface area contributed by atoms with Crippen molar-refractivity contribution < 1.29 is 114 Å². The topological polar surface area (TPSA) is 350 Å². The summed E-state index contributed by atoms with van der Waals surface area (Å²) in [7, 11) is -12.5. The first-order chi connectivity index (χ1) is 15.1. The predicted octanol–water partition coefficient (Wildman–Crippen LogP) is -4.16. The van der Waals surface area contributed by atoms with Crippen LogP contribution in [0.4, 0.5) is 0 Å². The molecule has 0 aromatic rings. The minimum absolute atomic E-state index is 0. The molecule has 0 aliphatic rings. The van der Waals surface area contributed by atoms with E-state index in [1.54, 1.807) is 0 Å². The van der Waals surface area contributed by atoms with Crippen molar-refractivity contribution in [1.29, 1.82) is 0 Å². The maximum atomic E-state index is 10.9. The van der Waals surface area contributed by atoms with E-state index in [1.165, 1.54) is 0 Å². The van der Waals surface area contributed by atoms with Crippen LogP contribution in [0, 0.1) is 11.8 Å². The van der Waals surface area contributed by atoms with E-state index in [9.17, 15) is 57.5 Å². The van der Waals surface area contributed by atoms with Gasteiger partial charge in [-0.25, -0.2) is 0 Å². The van der Waals surface area contributed by atoms with Gasteiger partial charge in [0.05, 0.1) is 11.8 Å². The number of carboxylic acids is 6. The Hall–Kier alpha value is -2.00. The second-order valence-electron chi connectivity index (χ2n) is 6.35. The molecule has 0 saturated carbocycles. The van der Waals surface area contributed by atoms with Crippen molar-refractivity contribution in [1.82, 2.24) is 0 Å². The van der Waals surface area contributed by atoms with Crippen LogP contribution in [-0.2, 0) is 64.1 Å². The van der Waals surface area contributed by atoms with Gasteiger partial charge >= 0.3 is 62.0 Å². The molecular weight excluding hydrogens is 609 g/mol. The fourth-order valence-electron chi connectivity index (χ4n) is 2.93. The molecule has 0 fully saturated rings. The summed E-state index contributed by atoms with van der Waals surface area (Å²) in [4.78, 5) is 108. The SMILES string of the molecule is CCC(C(=O)O)C(C(=O)O)(C(=O)O)P(=O)([O-])[O-].CCC(C(=O)O)C(C(=O)O)(C(=O)O)P(=O)([O-])[O-].[Zr+4]. The van der Waals surface area contributed by atoms with Crippen molar-refractivity contribution in [3.63, 3.8) is 0 Å². The van der Waals surface area contributed by atoms with E-state index < -0.39 is 86.0 Å². The maximum Gasteiger partial charge on any atom is 4.00 e. The number of aliphatic carboxylic acids is 6. The molecule has 196 valence electrons. The Balaban J connectivity index is -0.000000569. The van der Waals surface area contributed by atoms with Crippen molar-refractivity contribution in [2.75, 3.05) is 0 Å². The summed E-state index contributed by atoms with van der Waals surface area (Å²) in [5.41, 5.74) is 0. The van der Waals surface area contributed by atoms with E-state index in [-0.39, 0.29) is 26.2 Å². The summed E-state index contributed by atoms with van der Waals surface area (Å²) in [5, 5.41) is 44.2. The van der Waals surface area contributed by atoms with E-state index in [2.05, 4.69) is 0 Å². The first kappa shape index (κ1) is 37.5. The number of rotatable bonds is 12. The molecular formula is C14H18O18P2Zr. The van der Waals surface area contributed by atoms with Gasteiger partial charge in [-0.05, 0) is 28.0 Å². The van der Waals surface area contributed by atoms with Gasteiger partial charge in [-0.2, -0.15) is 0 Å². The largest absolute Gasteiger partial charge is 4.00 e. The summed E-state index contributed by atoms with van der Waals surface area (Å²) < 4.78 is 21.8. The molecule has 0 aromatic heterocycles. The third-order valence-corrected chi connectivity index (χ3v) is 7.71. The first-order valence-electron chi connectivity index (χ1n) is 8.49. The van der Waals surface area contributed by atoms with Gasteiger partial charge in [0.2, 0.25) is 10.3 Å². The van der Waals surface area contributed by atoms with Gasteiger partial charge in [0.15, 0.2) is 0 Å². The zero-order valence-electron chi connectivity index (χ0n) is 17.5. The Labute approximate surface area is 214 Å². The van der Waals surface area contributed by atoms with Gasteiger partial charge in [0.1, 0.15) is 0 Å². The van der Waals surface area contributed by atoms with Crippen LogP contribution in [0.2, 0.25) is 0 Å². The van der Waals surface area contributed by atoms with Crippen LogP contribution in [0.5, 0.6) is 0 Å².